The highest BCUT2D eigenvalue weighted by atomic mass is 19.1. The van der Waals surface area contributed by atoms with E-state index in [-0.39, 0.29) is 11.9 Å². The van der Waals surface area contributed by atoms with Crippen molar-refractivity contribution in [3.63, 3.8) is 0 Å². The number of hydrogen-bond acceptors (Lipinski definition) is 2. The SMILES string of the molecule is CCC[C@@H]1CCC[C@H](C(O)c2ccc(F)cc2)N1. The molecule has 2 N–H and O–H groups in total. The Hall–Kier alpha value is -0.930. The van der Waals surface area contributed by atoms with E-state index in [9.17, 15) is 9.50 Å². The van der Waals surface area contributed by atoms with E-state index >= 15 is 0 Å². The normalized spacial score (nSPS) is 25.9. The largest absolute Gasteiger partial charge is 0.387 e. The lowest BCUT2D eigenvalue weighted by Crippen LogP contribution is -2.45. The minimum atomic E-state index is -0.537. The van der Waals surface area contributed by atoms with Crippen LogP contribution in [-0.4, -0.2) is 17.2 Å². The average Bonchev–Trinajstić information content (AvgIpc) is 2.39. The fourth-order valence-electron chi connectivity index (χ4n) is 2.77. The van der Waals surface area contributed by atoms with Gasteiger partial charge in [-0.2, -0.15) is 0 Å². The van der Waals surface area contributed by atoms with Gasteiger partial charge in [-0.1, -0.05) is 31.9 Å². The van der Waals surface area contributed by atoms with Crippen molar-refractivity contribution in [1.82, 2.24) is 5.32 Å². The second kappa shape index (κ2) is 6.30. The summed E-state index contributed by atoms with van der Waals surface area (Å²) in [4.78, 5) is 0. The number of nitrogens with one attached hydrogen (secondary N) is 1. The highest BCUT2D eigenvalue weighted by molar-refractivity contribution is 5.20. The first-order valence-electron chi connectivity index (χ1n) is 6.90. The van der Waals surface area contributed by atoms with Crippen LogP contribution < -0.4 is 5.32 Å². The van der Waals surface area contributed by atoms with Crippen LogP contribution in [0.15, 0.2) is 24.3 Å². The van der Waals surface area contributed by atoms with Crippen LogP contribution in [0.5, 0.6) is 0 Å². The Morgan fingerprint density at radius 2 is 2.06 bits per heavy atom. The van der Waals surface area contributed by atoms with Gasteiger partial charge >= 0.3 is 0 Å². The lowest BCUT2D eigenvalue weighted by molar-refractivity contribution is 0.0997. The van der Waals surface area contributed by atoms with Gasteiger partial charge in [0.15, 0.2) is 0 Å². The van der Waals surface area contributed by atoms with Gasteiger partial charge in [0.05, 0.1) is 6.10 Å². The maximum atomic E-state index is 12.9. The molecular formula is C15H22FNO. The van der Waals surface area contributed by atoms with Gasteiger partial charge in [-0.3, -0.25) is 0 Å². The number of aliphatic hydroxyl groups is 1. The summed E-state index contributed by atoms with van der Waals surface area (Å²) in [6.45, 7) is 2.18. The fraction of sp³-hybridized carbons (Fsp3) is 0.600. The second-order valence-corrected chi connectivity index (χ2v) is 5.19. The number of benzene rings is 1. The number of halogens is 1. The molecule has 1 heterocycles. The van der Waals surface area contributed by atoms with Gasteiger partial charge in [-0.05, 0) is 37.0 Å². The molecule has 0 radical (unpaired) electrons. The van der Waals surface area contributed by atoms with Crippen molar-refractivity contribution in [1.29, 1.82) is 0 Å². The van der Waals surface area contributed by atoms with Crippen LogP contribution in [0.1, 0.15) is 50.7 Å². The molecule has 1 aliphatic rings. The molecule has 3 heteroatoms. The second-order valence-electron chi connectivity index (χ2n) is 5.19. The molecule has 1 unspecified atom stereocenters. The standard InChI is InChI=1S/C15H22FNO/c1-2-4-13-5-3-6-14(17-13)15(18)11-7-9-12(16)10-8-11/h7-10,13-15,17-18H,2-6H2,1H3/t13-,14-,15?/m1/s1. The molecule has 1 aromatic carbocycles. The zero-order valence-corrected chi connectivity index (χ0v) is 10.9. The van der Waals surface area contributed by atoms with Crippen molar-refractivity contribution < 1.29 is 9.50 Å². The molecule has 1 aliphatic heterocycles. The third-order valence-corrected chi connectivity index (χ3v) is 3.75. The molecule has 2 nitrogen and oxygen atoms in total. The van der Waals surface area contributed by atoms with Crippen molar-refractivity contribution in [2.24, 2.45) is 0 Å². The number of piperidine rings is 1. The summed E-state index contributed by atoms with van der Waals surface area (Å²) < 4.78 is 12.9. The number of rotatable bonds is 4. The van der Waals surface area contributed by atoms with Gasteiger partial charge in [0, 0.05) is 12.1 Å². The third-order valence-electron chi connectivity index (χ3n) is 3.75. The summed E-state index contributed by atoms with van der Waals surface area (Å²) in [6, 6.07) is 6.77. The lowest BCUT2D eigenvalue weighted by Gasteiger charge is -2.34. The molecule has 0 saturated carbocycles. The van der Waals surface area contributed by atoms with E-state index in [1.165, 1.54) is 18.6 Å². The van der Waals surface area contributed by atoms with Crippen molar-refractivity contribution in [2.75, 3.05) is 0 Å². The molecule has 100 valence electrons. The molecule has 1 aromatic rings. The lowest BCUT2D eigenvalue weighted by atomic mass is 9.90. The maximum Gasteiger partial charge on any atom is 0.123 e. The first kappa shape index (κ1) is 13.5. The van der Waals surface area contributed by atoms with Gasteiger partial charge in [-0.25, -0.2) is 4.39 Å². The first-order valence-corrected chi connectivity index (χ1v) is 6.90. The molecule has 0 aliphatic carbocycles. The van der Waals surface area contributed by atoms with Crippen LogP contribution in [0.2, 0.25) is 0 Å². The Morgan fingerprint density at radius 1 is 1.33 bits per heavy atom. The highest BCUT2D eigenvalue weighted by Crippen LogP contribution is 2.26. The Labute approximate surface area is 108 Å². The van der Waals surface area contributed by atoms with E-state index in [4.69, 9.17) is 0 Å². The quantitative estimate of drug-likeness (QED) is 0.861. The van der Waals surface area contributed by atoms with E-state index in [0.717, 1.165) is 31.2 Å². The summed E-state index contributed by atoms with van der Waals surface area (Å²) in [5.41, 5.74) is 0.797. The summed E-state index contributed by atoms with van der Waals surface area (Å²) in [6.07, 6.45) is 5.12. The number of hydrogen-bond donors (Lipinski definition) is 2. The average molecular weight is 251 g/mol. The van der Waals surface area contributed by atoms with E-state index in [0.29, 0.717) is 6.04 Å². The Balaban J connectivity index is 1.99. The zero-order valence-electron chi connectivity index (χ0n) is 10.9. The Morgan fingerprint density at radius 3 is 2.72 bits per heavy atom. The highest BCUT2D eigenvalue weighted by Gasteiger charge is 2.26. The van der Waals surface area contributed by atoms with Crippen LogP contribution in [-0.2, 0) is 0 Å². The maximum absolute atomic E-state index is 12.9. The van der Waals surface area contributed by atoms with Crippen molar-refractivity contribution in [3.05, 3.63) is 35.6 Å². The monoisotopic (exact) mass is 251 g/mol. The smallest absolute Gasteiger partial charge is 0.123 e. The third kappa shape index (κ3) is 3.30. The van der Waals surface area contributed by atoms with Crippen LogP contribution >= 0.6 is 0 Å². The van der Waals surface area contributed by atoms with E-state index in [1.54, 1.807) is 12.1 Å². The Bertz CT molecular complexity index is 363. The summed E-state index contributed by atoms with van der Waals surface area (Å²) in [5, 5.41) is 13.9. The number of aliphatic hydroxyl groups excluding tert-OH is 1. The molecule has 2 rings (SSSR count). The fourth-order valence-corrected chi connectivity index (χ4v) is 2.77. The minimum Gasteiger partial charge on any atom is -0.387 e. The minimum absolute atomic E-state index is 0.0979. The summed E-state index contributed by atoms with van der Waals surface area (Å²) >= 11 is 0. The van der Waals surface area contributed by atoms with Gasteiger partial charge in [0.1, 0.15) is 5.82 Å². The molecule has 0 spiro atoms. The molecule has 0 bridgehead atoms. The van der Waals surface area contributed by atoms with Gasteiger partial charge in [0.2, 0.25) is 0 Å². The zero-order chi connectivity index (χ0) is 13.0. The van der Waals surface area contributed by atoms with E-state index in [1.807, 2.05) is 0 Å². The van der Waals surface area contributed by atoms with E-state index in [2.05, 4.69) is 12.2 Å². The molecule has 0 amide bonds. The molecule has 18 heavy (non-hydrogen) atoms. The van der Waals surface area contributed by atoms with Crippen molar-refractivity contribution in [3.8, 4) is 0 Å². The van der Waals surface area contributed by atoms with Gasteiger partial charge in [-0.15, -0.1) is 0 Å². The molecule has 0 aromatic heterocycles. The first-order chi connectivity index (χ1) is 8.70. The topological polar surface area (TPSA) is 32.3 Å². The molecular weight excluding hydrogens is 229 g/mol. The molecule has 1 fully saturated rings. The Kier molecular flexibility index (Phi) is 4.72. The van der Waals surface area contributed by atoms with Crippen LogP contribution in [0.3, 0.4) is 0 Å². The van der Waals surface area contributed by atoms with Crippen molar-refractivity contribution >= 4 is 0 Å². The van der Waals surface area contributed by atoms with Crippen LogP contribution in [0.25, 0.3) is 0 Å². The van der Waals surface area contributed by atoms with Gasteiger partial charge in [0.25, 0.3) is 0 Å². The van der Waals surface area contributed by atoms with Crippen LogP contribution in [0, 0.1) is 5.82 Å². The predicted octanol–water partition coefficient (Wildman–Crippen LogP) is 3.17. The van der Waals surface area contributed by atoms with E-state index < -0.39 is 6.10 Å². The summed E-state index contributed by atoms with van der Waals surface area (Å²) in [5.74, 6) is -0.258. The van der Waals surface area contributed by atoms with Crippen molar-refractivity contribution in [2.45, 2.75) is 57.2 Å². The molecule has 3 atom stereocenters. The predicted molar refractivity (Wildman–Crippen MR) is 70.8 cm³/mol. The van der Waals surface area contributed by atoms with Crippen LogP contribution in [0.4, 0.5) is 4.39 Å². The van der Waals surface area contributed by atoms with Gasteiger partial charge < -0.3 is 10.4 Å². The molecule has 1 saturated heterocycles. The summed E-state index contributed by atoms with van der Waals surface area (Å²) in [7, 11) is 0.